The fraction of sp³-hybridized carbons (Fsp3) is 0.333. The summed E-state index contributed by atoms with van der Waals surface area (Å²) in [4.78, 5) is 2.57. The number of nitrogens with zero attached hydrogens (tertiary/aromatic N) is 1. The molecule has 0 saturated heterocycles. The zero-order valence-electron chi connectivity index (χ0n) is 39.5. The topological polar surface area (TPSA) is 16.4 Å². The van der Waals surface area contributed by atoms with E-state index in [1.165, 1.54) is 99.1 Å². The van der Waals surface area contributed by atoms with Gasteiger partial charge >= 0.3 is 0 Å². The Morgan fingerprint density at radius 2 is 0.938 bits per heavy atom. The van der Waals surface area contributed by atoms with Crippen molar-refractivity contribution < 1.29 is 4.42 Å². The molecule has 2 nitrogen and oxygen atoms in total. The third kappa shape index (κ3) is 5.65. The highest BCUT2D eigenvalue weighted by Gasteiger charge is 2.61. The highest BCUT2D eigenvalue weighted by atomic mass is 16.3. The van der Waals surface area contributed by atoms with E-state index in [1.807, 2.05) is 0 Å². The summed E-state index contributed by atoms with van der Waals surface area (Å²) in [6.07, 6.45) is 6.95. The molecule has 0 N–H and O–H groups in total. The van der Waals surface area contributed by atoms with Crippen LogP contribution in [0.4, 0.5) is 17.1 Å². The lowest BCUT2D eigenvalue weighted by atomic mass is 9.43. The van der Waals surface area contributed by atoms with Crippen LogP contribution in [0, 0.1) is 23.7 Å². The lowest BCUT2D eigenvalue weighted by molar-refractivity contribution is -0.0399. The summed E-state index contributed by atoms with van der Waals surface area (Å²) >= 11 is 0. The average molecular weight is 848 g/mol. The van der Waals surface area contributed by atoms with Crippen LogP contribution in [-0.4, -0.2) is 0 Å². The molecule has 1 heterocycles. The van der Waals surface area contributed by atoms with E-state index in [2.05, 4.69) is 200 Å². The molecule has 65 heavy (non-hydrogen) atoms. The fourth-order valence-corrected chi connectivity index (χ4v) is 14.3. The summed E-state index contributed by atoms with van der Waals surface area (Å²) in [6, 6.07) is 54.3. The maximum atomic E-state index is 6.68. The molecule has 4 saturated carbocycles. The third-order valence-corrected chi connectivity index (χ3v) is 17.3. The van der Waals surface area contributed by atoms with Gasteiger partial charge in [0, 0.05) is 38.7 Å². The first kappa shape index (κ1) is 39.5. The van der Waals surface area contributed by atoms with Crippen LogP contribution in [0.1, 0.15) is 121 Å². The highest BCUT2D eigenvalue weighted by Crippen LogP contribution is 2.69. The molecule has 14 rings (SSSR count). The molecule has 2 heteroatoms. The van der Waals surface area contributed by atoms with Gasteiger partial charge in [0.25, 0.3) is 0 Å². The van der Waals surface area contributed by atoms with Gasteiger partial charge in [-0.2, -0.15) is 0 Å². The van der Waals surface area contributed by atoms with E-state index in [0.717, 1.165) is 39.5 Å². The summed E-state index contributed by atoms with van der Waals surface area (Å²) in [5, 5.41) is 2.30. The van der Waals surface area contributed by atoms with Gasteiger partial charge in [-0.25, -0.2) is 0 Å². The average Bonchev–Trinajstić information content (AvgIpc) is 3.87. The van der Waals surface area contributed by atoms with Crippen LogP contribution < -0.4 is 4.90 Å². The second-order valence-electron chi connectivity index (χ2n) is 23.5. The van der Waals surface area contributed by atoms with E-state index in [9.17, 15) is 0 Å². The monoisotopic (exact) mass is 847 g/mol. The molecule has 1 spiro atoms. The lowest BCUT2D eigenvalue weighted by Gasteiger charge is -2.61. The number of rotatable bonds is 4. The quantitative estimate of drug-likeness (QED) is 0.175. The predicted molar refractivity (Wildman–Crippen MR) is 272 cm³/mol. The van der Waals surface area contributed by atoms with Crippen LogP contribution >= 0.6 is 0 Å². The van der Waals surface area contributed by atoms with Gasteiger partial charge in [0.05, 0.1) is 0 Å². The molecular weight excluding hydrogens is 787 g/mol. The van der Waals surface area contributed by atoms with Crippen LogP contribution in [0.5, 0.6) is 0 Å². The summed E-state index contributed by atoms with van der Waals surface area (Å²) < 4.78 is 6.68. The normalized spacial score (nSPS) is 23.3. The molecule has 6 aliphatic carbocycles. The smallest absolute Gasteiger partial charge is 0.135 e. The molecule has 324 valence electrons. The second kappa shape index (κ2) is 13.4. The summed E-state index contributed by atoms with van der Waals surface area (Å²) in [5.41, 5.74) is 22.3. The first-order valence-corrected chi connectivity index (χ1v) is 24.6. The standard InChI is InChI=1S/C63H61NO/c1-60(2,3)41-30-40(31-42(33-41)61(4,5)6)39-17-23-58-52(32-39)53-34-45(20-24-59(53)65-58)64(46-18-21-50-48-13-9-11-15-54(48)62(7,8)56(50)35-46)47-19-22-51-49-14-10-12-16-55(49)63(57(51)36-47)43-26-37-25-38(28-43)29-44(63)27-37/h9-24,30-38,43-44H,25-29H2,1-8H3. The fourth-order valence-electron chi connectivity index (χ4n) is 14.3. The van der Waals surface area contributed by atoms with Crippen molar-refractivity contribution in [1.82, 2.24) is 0 Å². The Labute approximate surface area is 385 Å². The molecule has 1 aromatic heterocycles. The molecular formula is C63H61NO. The minimum absolute atomic E-state index is 0.0342. The van der Waals surface area contributed by atoms with E-state index < -0.39 is 0 Å². The summed E-state index contributed by atoms with van der Waals surface area (Å²) in [5.74, 6) is 3.21. The number of furan rings is 1. The van der Waals surface area contributed by atoms with E-state index in [1.54, 1.807) is 11.1 Å². The molecule has 8 aromatic rings. The van der Waals surface area contributed by atoms with Crippen molar-refractivity contribution in [1.29, 1.82) is 0 Å². The first-order chi connectivity index (χ1) is 31.2. The number of benzene rings is 7. The molecule has 7 aromatic carbocycles. The van der Waals surface area contributed by atoms with Gasteiger partial charge in [-0.3, -0.25) is 0 Å². The number of hydrogen-bond donors (Lipinski definition) is 0. The van der Waals surface area contributed by atoms with Gasteiger partial charge in [0.2, 0.25) is 0 Å². The molecule has 0 amide bonds. The second-order valence-corrected chi connectivity index (χ2v) is 23.5. The van der Waals surface area contributed by atoms with Crippen LogP contribution in [0.2, 0.25) is 0 Å². The van der Waals surface area contributed by atoms with E-state index in [-0.39, 0.29) is 21.7 Å². The van der Waals surface area contributed by atoms with Crippen LogP contribution in [0.25, 0.3) is 55.3 Å². The van der Waals surface area contributed by atoms with Crippen LogP contribution in [0.3, 0.4) is 0 Å². The Kier molecular flexibility index (Phi) is 8.13. The first-order valence-electron chi connectivity index (χ1n) is 24.6. The number of hydrogen-bond acceptors (Lipinski definition) is 2. The van der Waals surface area contributed by atoms with Crippen molar-refractivity contribution in [3.8, 4) is 33.4 Å². The Morgan fingerprint density at radius 3 is 1.57 bits per heavy atom. The van der Waals surface area contributed by atoms with Crippen molar-refractivity contribution in [3.63, 3.8) is 0 Å². The Morgan fingerprint density at radius 1 is 0.446 bits per heavy atom. The Hall–Kier alpha value is -5.86. The predicted octanol–water partition coefficient (Wildman–Crippen LogP) is 17.3. The van der Waals surface area contributed by atoms with Crippen molar-refractivity contribution >= 4 is 39.0 Å². The molecule has 0 atom stereocenters. The Balaban J connectivity index is 1.01. The SMILES string of the molecule is CC(C)(C)c1cc(-c2ccc3oc4ccc(N(c5ccc6c(c5)C(C)(C)c5ccccc5-6)c5ccc6c(c5)C5(c7ccccc7-6)C6CC7CC(C6)CC5C7)cc4c3c2)cc(C(C)(C)C)c1. The highest BCUT2D eigenvalue weighted by molar-refractivity contribution is 6.08. The maximum Gasteiger partial charge on any atom is 0.135 e. The van der Waals surface area contributed by atoms with Gasteiger partial charge in [-0.1, -0.05) is 140 Å². The zero-order chi connectivity index (χ0) is 44.4. The summed E-state index contributed by atoms with van der Waals surface area (Å²) in [6.45, 7) is 18.7. The molecule has 6 aliphatic rings. The number of anilines is 3. The van der Waals surface area contributed by atoms with E-state index >= 15 is 0 Å². The minimum atomic E-state index is -0.115. The van der Waals surface area contributed by atoms with E-state index in [0.29, 0.717) is 11.8 Å². The summed E-state index contributed by atoms with van der Waals surface area (Å²) in [7, 11) is 0. The van der Waals surface area contributed by atoms with Crippen LogP contribution in [-0.2, 0) is 21.7 Å². The van der Waals surface area contributed by atoms with Gasteiger partial charge < -0.3 is 9.32 Å². The molecule has 0 radical (unpaired) electrons. The van der Waals surface area contributed by atoms with Crippen molar-refractivity contribution in [2.75, 3.05) is 4.90 Å². The molecule has 4 fully saturated rings. The third-order valence-electron chi connectivity index (χ3n) is 17.3. The van der Waals surface area contributed by atoms with Gasteiger partial charge in [0.15, 0.2) is 0 Å². The molecule has 0 aliphatic heterocycles. The van der Waals surface area contributed by atoms with Crippen molar-refractivity contribution in [2.24, 2.45) is 23.7 Å². The van der Waals surface area contributed by atoms with Gasteiger partial charge in [-0.15, -0.1) is 0 Å². The van der Waals surface area contributed by atoms with Gasteiger partial charge in [-0.05, 0) is 188 Å². The Bertz CT molecular complexity index is 3230. The van der Waals surface area contributed by atoms with Crippen molar-refractivity contribution in [3.05, 3.63) is 173 Å². The molecule has 0 unspecified atom stereocenters. The largest absolute Gasteiger partial charge is 0.456 e. The molecule has 4 bridgehead atoms. The van der Waals surface area contributed by atoms with Crippen LogP contribution in [0.15, 0.2) is 144 Å². The lowest BCUT2D eigenvalue weighted by Crippen LogP contribution is -2.55. The van der Waals surface area contributed by atoms with Gasteiger partial charge in [0.1, 0.15) is 11.2 Å². The number of fused-ring (bicyclic) bond motifs is 9. The maximum absolute atomic E-state index is 6.68. The minimum Gasteiger partial charge on any atom is -0.456 e. The van der Waals surface area contributed by atoms with E-state index in [4.69, 9.17) is 4.42 Å². The zero-order valence-corrected chi connectivity index (χ0v) is 39.5. The van der Waals surface area contributed by atoms with Crippen molar-refractivity contribution in [2.45, 2.75) is 109 Å².